The molecule has 6 rings (SSSR count). The van der Waals surface area contributed by atoms with E-state index >= 15 is 0 Å². The third kappa shape index (κ3) is 3.97. The van der Waals surface area contributed by atoms with Crippen LogP contribution in [0.1, 0.15) is 59.5 Å². The van der Waals surface area contributed by atoms with Crippen LogP contribution < -0.4 is 10.6 Å². The first-order valence-corrected chi connectivity index (χ1v) is 13.9. The van der Waals surface area contributed by atoms with E-state index < -0.39 is 0 Å². The molecule has 0 bridgehead atoms. The Balaban J connectivity index is 1.35. The van der Waals surface area contributed by atoms with E-state index in [1.807, 2.05) is 0 Å². The summed E-state index contributed by atoms with van der Waals surface area (Å²) in [5.41, 5.74) is 6.98. The van der Waals surface area contributed by atoms with Gasteiger partial charge in [-0.1, -0.05) is 85.8 Å². The highest BCUT2D eigenvalue weighted by molar-refractivity contribution is 5.82. The van der Waals surface area contributed by atoms with Crippen molar-refractivity contribution in [3.63, 3.8) is 0 Å². The van der Waals surface area contributed by atoms with E-state index in [-0.39, 0.29) is 17.4 Å². The van der Waals surface area contributed by atoms with Crippen molar-refractivity contribution in [1.82, 2.24) is 4.90 Å². The predicted molar refractivity (Wildman–Crippen MR) is 142 cm³/mol. The molecule has 36 heavy (non-hydrogen) atoms. The summed E-state index contributed by atoms with van der Waals surface area (Å²) in [5.74, 6) is 0.882. The molecule has 4 heteroatoms. The summed E-state index contributed by atoms with van der Waals surface area (Å²) >= 11 is 0. The van der Waals surface area contributed by atoms with E-state index in [9.17, 15) is 4.79 Å². The molecule has 0 aromatic heterocycles. The Labute approximate surface area is 215 Å². The number of quaternary nitrogens is 2. The largest absolute Gasteiger partial charge is 0.345 e. The molecule has 3 aromatic rings. The van der Waals surface area contributed by atoms with Crippen LogP contribution in [0.4, 0.5) is 0 Å². The van der Waals surface area contributed by atoms with Gasteiger partial charge >= 0.3 is 0 Å². The van der Waals surface area contributed by atoms with Crippen molar-refractivity contribution in [2.45, 2.75) is 50.1 Å². The van der Waals surface area contributed by atoms with E-state index in [1.165, 1.54) is 27.8 Å². The normalized spacial score (nSPS) is 27.7. The maximum absolute atomic E-state index is 14.6. The molecule has 4 N–H and O–H groups in total. The van der Waals surface area contributed by atoms with Gasteiger partial charge in [-0.15, -0.1) is 0 Å². The minimum Gasteiger partial charge on any atom is -0.345 e. The Morgan fingerprint density at radius 1 is 0.917 bits per heavy atom. The molecule has 186 valence electrons. The van der Waals surface area contributed by atoms with Gasteiger partial charge < -0.3 is 15.5 Å². The van der Waals surface area contributed by atoms with Crippen LogP contribution in [-0.2, 0) is 23.2 Å². The van der Waals surface area contributed by atoms with Crippen LogP contribution >= 0.6 is 0 Å². The van der Waals surface area contributed by atoms with E-state index in [1.54, 1.807) is 0 Å². The summed E-state index contributed by atoms with van der Waals surface area (Å²) in [6.45, 7) is 7.03. The van der Waals surface area contributed by atoms with E-state index in [4.69, 9.17) is 0 Å². The molecule has 4 nitrogen and oxygen atoms in total. The number of nitrogens with zero attached hydrogens (tertiary/aromatic N) is 1. The number of rotatable bonds is 4. The molecular weight excluding hydrogens is 442 g/mol. The van der Waals surface area contributed by atoms with E-state index in [2.05, 4.69) is 101 Å². The van der Waals surface area contributed by atoms with Crippen molar-refractivity contribution >= 4 is 5.91 Å². The molecule has 3 aliphatic heterocycles. The number of piperidine rings is 1. The van der Waals surface area contributed by atoms with Gasteiger partial charge in [0.25, 0.3) is 0 Å². The summed E-state index contributed by atoms with van der Waals surface area (Å²) in [6, 6.07) is 28.6. The second-order valence-electron chi connectivity index (χ2n) is 11.0. The van der Waals surface area contributed by atoms with Crippen LogP contribution in [0.5, 0.6) is 0 Å². The van der Waals surface area contributed by atoms with Gasteiger partial charge in [0.2, 0.25) is 5.91 Å². The van der Waals surface area contributed by atoms with Crippen LogP contribution in [0.15, 0.2) is 78.9 Å². The van der Waals surface area contributed by atoms with Crippen LogP contribution in [0.3, 0.4) is 0 Å². The van der Waals surface area contributed by atoms with Crippen LogP contribution in [0.25, 0.3) is 0 Å². The molecule has 2 saturated heterocycles. The first-order valence-electron chi connectivity index (χ1n) is 13.9. The molecule has 4 atom stereocenters. The zero-order chi connectivity index (χ0) is 24.5. The Hall–Kier alpha value is -2.95. The number of amides is 1. The Morgan fingerprint density at radius 2 is 1.64 bits per heavy atom. The molecule has 0 unspecified atom stereocenters. The number of carbonyl (C=O) groups is 1. The van der Waals surface area contributed by atoms with Gasteiger partial charge in [-0.25, -0.2) is 0 Å². The quantitative estimate of drug-likeness (QED) is 0.592. The minimum absolute atomic E-state index is 0.0272. The molecule has 3 heterocycles. The monoisotopic (exact) mass is 481 g/mol. The maximum Gasteiger partial charge on any atom is 0.233 e. The third-order valence-corrected chi connectivity index (χ3v) is 9.26. The lowest BCUT2D eigenvalue weighted by molar-refractivity contribution is -0.691. The number of fused-ring (bicyclic) bond motifs is 2. The Morgan fingerprint density at radius 3 is 2.39 bits per heavy atom. The Kier molecular flexibility index (Phi) is 6.41. The van der Waals surface area contributed by atoms with Gasteiger partial charge in [0, 0.05) is 12.1 Å². The average Bonchev–Trinajstić information content (AvgIpc) is 3.37. The van der Waals surface area contributed by atoms with Crippen molar-refractivity contribution in [2.24, 2.45) is 5.92 Å². The number of benzene rings is 3. The smallest absolute Gasteiger partial charge is 0.233 e. The maximum atomic E-state index is 14.6. The number of carbonyl (C=O) groups excluding carboxylic acids is 1. The summed E-state index contributed by atoms with van der Waals surface area (Å²) in [6.07, 6.45) is 3.08. The highest BCUT2D eigenvalue weighted by Gasteiger charge is 2.57. The Bertz CT molecular complexity index is 1210. The topological polar surface area (TPSA) is 53.5 Å². The van der Waals surface area contributed by atoms with Crippen LogP contribution in [-0.4, -0.2) is 37.0 Å². The van der Waals surface area contributed by atoms with Crippen LogP contribution in [0, 0.1) is 5.92 Å². The van der Waals surface area contributed by atoms with Crippen molar-refractivity contribution in [3.05, 3.63) is 107 Å². The van der Waals surface area contributed by atoms with Crippen LogP contribution in [0.2, 0.25) is 0 Å². The van der Waals surface area contributed by atoms with Gasteiger partial charge in [0.05, 0.1) is 25.7 Å². The average molecular weight is 482 g/mol. The molecule has 0 aliphatic carbocycles. The van der Waals surface area contributed by atoms with Gasteiger partial charge in [-0.05, 0) is 47.4 Å². The molecule has 3 aromatic carbocycles. The molecule has 1 amide bonds. The van der Waals surface area contributed by atoms with Gasteiger partial charge in [-0.3, -0.25) is 4.79 Å². The molecular formula is C32H39N3O+2. The molecule has 2 fully saturated rings. The zero-order valence-corrected chi connectivity index (χ0v) is 21.4. The second kappa shape index (κ2) is 9.84. The zero-order valence-electron chi connectivity index (χ0n) is 21.4. The molecule has 3 aliphatic rings. The first-order chi connectivity index (χ1) is 17.7. The standard InChI is InChI=1S/C32H37N3O/c1-2-23-14-9-15-28-27(23)19-33-21-32(28)22-34-20-29(32)31(36)35-17-16-26(24-10-5-3-6-11-24)18-30(35)25-12-7-4-8-13-25/h3-15,26,29-30,33-34H,2,16-22H2,1H3/p+2/t26-,29+,30+,32+/m1/s1. The number of likely N-dealkylation sites (tertiary alicyclic amines) is 1. The molecule has 0 saturated carbocycles. The van der Waals surface area contributed by atoms with Gasteiger partial charge in [0.1, 0.15) is 17.9 Å². The molecule has 0 radical (unpaired) electrons. The fourth-order valence-corrected chi connectivity index (χ4v) is 7.44. The highest BCUT2D eigenvalue weighted by Crippen LogP contribution is 2.43. The predicted octanol–water partition coefficient (Wildman–Crippen LogP) is 2.90. The van der Waals surface area contributed by atoms with Crippen molar-refractivity contribution in [1.29, 1.82) is 0 Å². The second-order valence-corrected chi connectivity index (χ2v) is 11.0. The lowest BCUT2D eigenvalue weighted by atomic mass is 9.67. The molecule has 1 spiro atoms. The van der Waals surface area contributed by atoms with Crippen molar-refractivity contribution < 1.29 is 15.4 Å². The fourth-order valence-electron chi connectivity index (χ4n) is 7.44. The third-order valence-electron chi connectivity index (χ3n) is 9.26. The summed E-state index contributed by atoms with van der Waals surface area (Å²) in [5, 5.41) is 4.86. The fraction of sp³-hybridized carbons (Fsp3) is 0.406. The SMILES string of the molecule is CCc1cccc2c1C[NH2+]C[C@]21C[NH2+]C[C@H]1C(=O)N1CC[C@@H](c2ccccc2)C[C@H]1c1ccccc1. The number of aryl methyl sites for hydroxylation is 1. The highest BCUT2D eigenvalue weighted by atomic mass is 16.2. The lowest BCUT2D eigenvalue weighted by Gasteiger charge is -2.43. The minimum atomic E-state index is -0.0760. The number of hydrogen-bond donors (Lipinski definition) is 2. The van der Waals surface area contributed by atoms with E-state index in [0.717, 1.165) is 52.0 Å². The first kappa shape index (κ1) is 23.4. The summed E-state index contributed by atoms with van der Waals surface area (Å²) in [4.78, 5) is 16.8. The number of hydrogen-bond acceptors (Lipinski definition) is 1. The summed E-state index contributed by atoms with van der Waals surface area (Å²) in [7, 11) is 0. The number of nitrogens with two attached hydrogens (primary N) is 2. The van der Waals surface area contributed by atoms with E-state index in [0.29, 0.717) is 11.8 Å². The van der Waals surface area contributed by atoms with Gasteiger partial charge in [-0.2, -0.15) is 0 Å². The van der Waals surface area contributed by atoms with Crippen molar-refractivity contribution in [3.8, 4) is 0 Å². The van der Waals surface area contributed by atoms with Gasteiger partial charge in [0.15, 0.2) is 0 Å². The lowest BCUT2D eigenvalue weighted by Crippen LogP contribution is -2.91. The summed E-state index contributed by atoms with van der Waals surface area (Å²) < 4.78 is 0. The van der Waals surface area contributed by atoms with Crippen molar-refractivity contribution in [2.75, 3.05) is 26.2 Å².